The second kappa shape index (κ2) is 6.64. The molecule has 0 bridgehead atoms. The predicted molar refractivity (Wildman–Crippen MR) is 77.1 cm³/mol. The fourth-order valence-corrected chi connectivity index (χ4v) is 2.25. The lowest BCUT2D eigenvalue weighted by molar-refractivity contribution is 0.00662. The smallest absolute Gasteiger partial charge is 0.257 e. The van der Waals surface area contributed by atoms with Crippen molar-refractivity contribution < 1.29 is 19.5 Å². The van der Waals surface area contributed by atoms with Crippen LogP contribution >= 0.6 is 11.6 Å². The minimum absolute atomic E-state index is 0.0597. The molecule has 1 unspecified atom stereocenters. The Balaban J connectivity index is 2.20. The number of hydrogen-bond acceptors (Lipinski definition) is 5. The molecule has 1 aromatic carbocycles. The number of hydrogen-bond donors (Lipinski definition) is 2. The predicted octanol–water partition coefficient (Wildman–Crippen LogP) is 0.936. The summed E-state index contributed by atoms with van der Waals surface area (Å²) in [5.74, 6) is 0.123. The van der Waals surface area contributed by atoms with Gasteiger partial charge < -0.3 is 25.3 Å². The molecule has 1 fully saturated rings. The van der Waals surface area contributed by atoms with Gasteiger partial charge in [0.1, 0.15) is 11.9 Å². The number of carbonyl (C=O) groups is 1. The van der Waals surface area contributed by atoms with Crippen LogP contribution in [0, 0.1) is 0 Å². The van der Waals surface area contributed by atoms with E-state index in [0.717, 1.165) is 0 Å². The lowest BCUT2D eigenvalue weighted by atomic mass is 10.1. The average Bonchev–Trinajstić information content (AvgIpc) is 2.53. The number of nitrogens with two attached hydrogens (primary N) is 1. The monoisotopic (exact) mass is 313 g/mol. The molecular weight excluding hydrogens is 298 g/mol. The molecule has 3 N–H and O–H groups in total. The highest BCUT2D eigenvalue weighted by Gasteiger charge is 2.29. The third-order valence-electron chi connectivity index (χ3n) is 3.19. The van der Waals surface area contributed by atoms with Crippen molar-refractivity contribution in [3.63, 3.8) is 0 Å². The number of amidine groups is 1. The number of rotatable bonds is 3. The summed E-state index contributed by atoms with van der Waals surface area (Å²) in [5, 5.41) is 12.1. The summed E-state index contributed by atoms with van der Waals surface area (Å²) in [6.45, 7) is 0.933. The van der Waals surface area contributed by atoms with E-state index in [1.165, 1.54) is 7.11 Å². The minimum Gasteiger partial charge on any atom is -0.496 e. The largest absolute Gasteiger partial charge is 0.496 e. The molecule has 1 aliphatic heterocycles. The van der Waals surface area contributed by atoms with Crippen molar-refractivity contribution >= 4 is 23.3 Å². The Labute approximate surface area is 126 Å². The lowest BCUT2D eigenvalue weighted by Crippen LogP contribution is -2.50. The van der Waals surface area contributed by atoms with Gasteiger partial charge in [0.15, 0.2) is 5.84 Å². The first-order valence-electron chi connectivity index (χ1n) is 6.28. The molecule has 0 aromatic heterocycles. The Morgan fingerprint density at radius 1 is 1.62 bits per heavy atom. The lowest BCUT2D eigenvalue weighted by Gasteiger charge is -2.32. The normalized spacial score (nSPS) is 19.4. The maximum absolute atomic E-state index is 12.6. The highest BCUT2D eigenvalue weighted by atomic mass is 35.5. The van der Waals surface area contributed by atoms with Crippen LogP contribution < -0.4 is 10.5 Å². The van der Waals surface area contributed by atoms with E-state index in [-0.39, 0.29) is 18.3 Å². The van der Waals surface area contributed by atoms with E-state index in [9.17, 15) is 4.79 Å². The number of halogens is 1. The quantitative estimate of drug-likeness (QED) is 0.374. The third kappa shape index (κ3) is 3.37. The van der Waals surface area contributed by atoms with E-state index in [0.29, 0.717) is 29.5 Å². The maximum Gasteiger partial charge on any atom is 0.257 e. The molecule has 1 heterocycles. The van der Waals surface area contributed by atoms with Gasteiger partial charge in [-0.15, -0.1) is 0 Å². The van der Waals surface area contributed by atoms with Crippen molar-refractivity contribution in [3.05, 3.63) is 28.8 Å². The fourth-order valence-electron chi connectivity index (χ4n) is 2.09. The zero-order valence-electron chi connectivity index (χ0n) is 11.5. The number of methoxy groups -OCH3 is 1. The Hall–Kier alpha value is -1.99. The summed E-state index contributed by atoms with van der Waals surface area (Å²) >= 11 is 5.88. The van der Waals surface area contributed by atoms with Gasteiger partial charge in [-0.1, -0.05) is 16.8 Å². The molecule has 0 spiro atoms. The topological polar surface area (TPSA) is 97.4 Å². The molecule has 2 rings (SSSR count). The van der Waals surface area contributed by atoms with Crippen LogP contribution in [0.3, 0.4) is 0 Å². The molecule has 1 aromatic rings. The molecule has 1 aliphatic rings. The van der Waals surface area contributed by atoms with Crippen LogP contribution in [0.4, 0.5) is 0 Å². The first-order chi connectivity index (χ1) is 10.1. The number of carbonyl (C=O) groups excluding carboxylic acids is 1. The molecule has 1 amide bonds. The van der Waals surface area contributed by atoms with E-state index in [1.54, 1.807) is 23.1 Å². The van der Waals surface area contributed by atoms with E-state index >= 15 is 0 Å². The molecule has 1 atom stereocenters. The van der Waals surface area contributed by atoms with Crippen molar-refractivity contribution in [2.45, 2.75) is 6.10 Å². The van der Waals surface area contributed by atoms with Crippen molar-refractivity contribution in [2.24, 2.45) is 10.9 Å². The van der Waals surface area contributed by atoms with Crippen molar-refractivity contribution in [2.75, 3.05) is 26.8 Å². The molecule has 21 heavy (non-hydrogen) atoms. The van der Waals surface area contributed by atoms with E-state index in [4.69, 9.17) is 32.0 Å². The van der Waals surface area contributed by atoms with Gasteiger partial charge in [0.05, 0.1) is 25.8 Å². The standard InChI is InChI=1S/C13H16ClN3O4/c1-20-10-6-8(14)2-3-9(10)13(18)17-4-5-21-11(7-17)12(15)16-19/h2-3,6,11,19H,4-5,7H2,1H3,(H2,15,16). The number of morpholine rings is 1. The number of nitrogens with zero attached hydrogens (tertiary/aromatic N) is 2. The maximum atomic E-state index is 12.6. The van der Waals surface area contributed by atoms with Crippen LogP contribution in [0.2, 0.25) is 5.02 Å². The van der Waals surface area contributed by atoms with Crippen LogP contribution in [-0.4, -0.2) is 54.8 Å². The van der Waals surface area contributed by atoms with Crippen molar-refractivity contribution in [1.82, 2.24) is 4.90 Å². The van der Waals surface area contributed by atoms with Crippen LogP contribution in [-0.2, 0) is 4.74 Å². The van der Waals surface area contributed by atoms with Crippen LogP contribution in [0.5, 0.6) is 5.75 Å². The van der Waals surface area contributed by atoms with Crippen LogP contribution in [0.25, 0.3) is 0 Å². The highest BCUT2D eigenvalue weighted by molar-refractivity contribution is 6.30. The zero-order valence-corrected chi connectivity index (χ0v) is 12.2. The van der Waals surface area contributed by atoms with E-state index in [2.05, 4.69) is 5.16 Å². The van der Waals surface area contributed by atoms with Crippen molar-refractivity contribution in [3.8, 4) is 5.75 Å². The van der Waals surface area contributed by atoms with Gasteiger partial charge in [0.2, 0.25) is 0 Å². The summed E-state index contributed by atoms with van der Waals surface area (Å²) in [5.41, 5.74) is 5.92. The highest BCUT2D eigenvalue weighted by Crippen LogP contribution is 2.25. The SMILES string of the molecule is COc1cc(Cl)ccc1C(=O)N1CCOC(C(N)=NO)C1. The second-order valence-corrected chi connectivity index (χ2v) is 4.92. The Kier molecular flexibility index (Phi) is 4.87. The minimum atomic E-state index is -0.619. The Bertz CT molecular complexity index is 564. The number of benzene rings is 1. The summed E-state index contributed by atoms with van der Waals surface area (Å²) in [6, 6.07) is 4.81. The fraction of sp³-hybridized carbons (Fsp3) is 0.385. The summed E-state index contributed by atoms with van der Waals surface area (Å²) in [7, 11) is 1.47. The van der Waals surface area contributed by atoms with Crippen LogP contribution in [0.1, 0.15) is 10.4 Å². The zero-order chi connectivity index (χ0) is 15.4. The molecule has 8 heteroatoms. The van der Waals surface area contributed by atoms with Gasteiger partial charge in [0, 0.05) is 11.6 Å². The van der Waals surface area contributed by atoms with Gasteiger partial charge in [-0.05, 0) is 18.2 Å². The first kappa shape index (κ1) is 15.4. The number of amides is 1. The second-order valence-electron chi connectivity index (χ2n) is 4.48. The molecule has 0 radical (unpaired) electrons. The van der Waals surface area contributed by atoms with Gasteiger partial charge >= 0.3 is 0 Å². The number of oxime groups is 1. The average molecular weight is 314 g/mol. The molecular formula is C13H16ClN3O4. The van der Waals surface area contributed by atoms with Gasteiger partial charge in [-0.2, -0.15) is 0 Å². The summed E-state index contributed by atoms with van der Waals surface area (Å²) < 4.78 is 10.5. The Morgan fingerprint density at radius 3 is 3.05 bits per heavy atom. The number of ether oxygens (including phenoxy) is 2. The van der Waals surface area contributed by atoms with Gasteiger partial charge in [0.25, 0.3) is 5.91 Å². The summed E-state index contributed by atoms with van der Waals surface area (Å²) in [4.78, 5) is 14.1. The van der Waals surface area contributed by atoms with Crippen molar-refractivity contribution in [1.29, 1.82) is 0 Å². The molecule has 0 saturated carbocycles. The molecule has 1 saturated heterocycles. The van der Waals surface area contributed by atoms with E-state index < -0.39 is 6.10 Å². The first-order valence-corrected chi connectivity index (χ1v) is 6.66. The van der Waals surface area contributed by atoms with Gasteiger partial charge in [-0.3, -0.25) is 4.79 Å². The van der Waals surface area contributed by atoms with Crippen LogP contribution in [0.15, 0.2) is 23.4 Å². The molecule has 0 aliphatic carbocycles. The molecule has 114 valence electrons. The Morgan fingerprint density at radius 2 is 2.38 bits per heavy atom. The van der Waals surface area contributed by atoms with E-state index in [1.807, 2.05) is 0 Å². The molecule has 7 nitrogen and oxygen atoms in total. The summed E-state index contributed by atoms with van der Waals surface area (Å²) in [6.07, 6.45) is -0.619. The third-order valence-corrected chi connectivity index (χ3v) is 3.43. The van der Waals surface area contributed by atoms with Gasteiger partial charge in [-0.25, -0.2) is 0 Å².